The van der Waals surface area contributed by atoms with E-state index in [-0.39, 0.29) is 0 Å². The van der Waals surface area contributed by atoms with Gasteiger partial charge in [-0.15, -0.1) is 0 Å². The maximum Gasteiger partial charge on any atom is 0.330 e. The standard InChI is InChI=1S/C13H20O4/c1-5-9-11(17-13(15)8-4)10(6-2)16-12(14)7-3/h7-8,10-11H,3-6,9H2,1-2H3. The van der Waals surface area contributed by atoms with Gasteiger partial charge < -0.3 is 9.47 Å². The molecule has 0 aliphatic heterocycles. The lowest BCUT2D eigenvalue weighted by atomic mass is 10.1. The predicted molar refractivity (Wildman–Crippen MR) is 65.4 cm³/mol. The maximum absolute atomic E-state index is 11.2. The molecular formula is C13H20O4. The van der Waals surface area contributed by atoms with Crippen LogP contribution in [0.15, 0.2) is 25.3 Å². The van der Waals surface area contributed by atoms with Gasteiger partial charge in [0.1, 0.15) is 12.2 Å². The number of hydrogen-bond acceptors (Lipinski definition) is 4. The summed E-state index contributed by atoms with van der Waals surface area (Å²) in [4.78, 5) is 22.3. The van der Waals surface area contributed by atoms with Crippen molar-refractivity contribution in [3.05, 3.63) is 25.3 Å². The third-order valence-electron chi connectivity index (χ3n) is 2.26. The molecule has 0 saturated carbocycles. The van der Waals surface area contributed by atoms with Crippen LogP contribution in [0.25, 0.3) is 0 Å². The molecule has 2 atom stereocenters. The Hall–Kier alpha value is -1.58. The highest BCUT2D eigenvalue weighted by molar-refractivity contribution is 5.82. The molecule has 0 radical (unpaired) electrons. The van der Waals surface area contributed by atoms with Gasteiger partial charge >= 0.3 is 11.9 Å². The number of rotatable bonds is 8. The minimum atomic E-state index is -0.507. The number of ether oxygens (including phenoxy) is 2. The highest BCUT2D eigenvalue weighted by Crippen LogP contribution is 2.15. The molecule has 0 saturated heterocycles. The molecule has 0 rings (SSSR count). The van der Waals surface area contributed by atoms with Crippen molar-refractivity contribution in [1.29, 1.82) is 0 Å². The van der Waals surface area contributed by atoms with E-state index in [1.54, 1.807) is 0 Å². The van der Waals surface area contributed by atoms with Gasteiger partial charge in [0.15, 0.2) is 0 Å². The van der Waals surface area contributed by atoms with Crippen LogP contribution in [0.5, 0.6) is 0 Å². The normalized spacial score (nSPS) is 13.3. The summed E-state index contributed by atoms with van der Waals surface area (Å²) in [5.41, 5.74) is 0. The average molecular weight is 240 g/mol. The first-order valence-electron chi connectivity index (χ1n) is 5.75. The molecule has 0 fully saturated rings. The first-order valence-corrected chi connectivity index (χ1v) is 5.75. The summed E-state index contributed by atoms with van der Waals surface area (Å²) in [6.07, 6.45) is 3.38. The van der Waals surface area contributed by atoms with Gasteiger partial charge in [-0.05, 0) is 12.8 Å². The van der Waals surface area contributed by atoms with Gasteiger partial charge in [0.2, 0.25) is 0 Å². The van der Waals surface area contributed by atoms with Gasteiger partial charge in [-0.2, -0.15) is 0 Å². The second-order valence-electron chi connectivity index (χ2n) is 3.56. The fourth-order valence-electron chi connectivity index (χ4n) is 1.42. The first-order chi connectivity index (χ1) is 8.08. The van der Waals surface area contributed by atoms with E-state index in [1.165, 1.54) is 0 Å². The Morgan fingerprint density at radius 2 is 1.53 bits per heavy atom. The third-order valence-corrected chi connectivity index (χ3v) is 2.26. The van der Waals surface area contributed by atoms with Crippen LogP contribution in [0.4, 0.5) is 0 Å². The molecule has 0 aliphatic carbocycles. The van der Waals surface area contributed by atoms with Crippen LogP contribution in [-0.4, -0.2) is 24.1 Å². The molecule has 0 amide bonds. The molecule has 0 spiro atoms. The van der Waals surface area contributed by atoms with E-state index >= 15 is 0 Å². The number of carbonyl (C=O) groups is 2. The summed E-state index contributed by atoms with van der Waals surface area (Å²) in [7, 11) is 0. The van der Waals surface area contributed by atoms with Gasteiger partial charge in [0, 0.05) is 12.2 Å². The Bertz CT molecular complexity index is 283. The lowest BCUT2D eigenvalue weighted by Gasteiger charge is -2.25. The van der Waals surface area contributed by atoms with E-state index in [9.17, 15) is 9.59 Å². The van der Waals surface area contributed by atoms with Crippen molar-refractivity contribution in [2.45, 2.75) is 45.3 Å². The van der Waals surface area contributed by atoms with E-state index in [4.69, 9.17) is 9.47 Å². The zero-order valence-corrected chi connectivity index (χ0v) is 10.5. The molecule has 2 unspecified atom stereocenters. The molecule has 0 bridgehead atoms. The van der Waals surface area contributed by atoms with Crippen LogP contribution >= 0.6 is 0 Å². The fraction of sp³-hybridized carbons (Fsp3) is 0.538. The predicted octanol–water partition coefficient (Wildman–Crippen LogP) is 2.39. The van der Waals surface area contributed by atoms with Gasteiger partial charge in [-0.25, -0.2) is 9.59 Å². The summed E-state index contributed by atoms with van der Waals surface area (Å²) < 4.78 is 10.3. The van der Waals surface area contributed by atoms with E-state index < -0.39 is 24.1 Å². The Balaban J connectivity index is 4.60. The molecule has 4 nitrogen and oxygen atoms in total. The topological polar surface area (TPSA) is 52.6 Å². The third kappa shape index (κ3) is 5.90. The lowest BCUT2D eigenvalue weighted by Crippen LogP contribution is -2.34. The zero-order chi connectivity index (χ0) is 13.3. The molecule has 0 aromatic heterocycles. The van der Waals surface area contributed by atoms with Gasteiger partial charge in [-0.3, -0.25) is 0 Å². The monoisotopic (exact) mass is 240 g/mol. The van der Waals surface area contributed by atoms with Crippen molar-refractivity contribution in [3.8, 4) is 0 Å². The fourth-order valence-corrected chi connectivity index (χ4v) is 1.42. The van der Waals surface area contributed by atoms with Crippen molar-refractivity contribution < 1.29 is 19.1 Å². The average Bonchev–Trinajstić information content (AvgIpc) is 2.34. The molecule has 17 heavy (non-hydrogen) atoms. The number of esters is 2. The smallest absolute Gasteiger partial charge is 0.330 e. The van der Waals surface area contributed by atoms with Crippen LogP contribution in [-0.2, 0) is 19.1 Å². The summed E-state index contributed by atoms with van der Waals surface area (Å²) in [6, 6.07) is 0. The van der Waals surface area contributed by atoms with Crippen molar-refractivity contribution in [1.82, 2.24) is 0 Å². The Labute approximate surface area is 102 Å². The quantitative estimate of drug-likeness (QED) is 0.483. The molecule has 0 aliphatic rings. The molecular weight excluding hydrogens is 220 g/mol. The Kier molecular flexibility index (Phi) is 7.76. The summed E-state index contributed by atoms with van der Waals surface area (Å²) in [6.45, 7) is 10.5. The van der Waals surface area contributed by atoms with E-state index in [2.05, 4.69) is 13.2 Å². The van der Waals surface area contributed by atoms with Gasteiger partial charge in [0.05, 0.1) is 0 Å². The molecule has 0 N–H and O–H groups in total. The number of hydrogen-bond donors (Lipinski definition) is 0. The van der Waals surface area contributed by atoms with Crippen molar-refractivity contribution in [2.24, 2.45) is 0 Å². The largest absolute Gasteiger partial charge is 0.455 e. The van der Waals surface area contributed by atoms with E-state index in [0.717, 1.165) is 18.6 Å². The van der Waals surface area contributed by atoms with Crippen LogP contribution in [0.2, 0.25) is 0 Å². The van der Waals surface area contributed by atoms with Crippen molar-refractivity contribution >= 4 is 11.9 Å². The number of carbonyl (C=O) groups excluding carboxylic acids is 2. The highest BCUT2D eigenvalue weighted by atomic mass is 16.6. The Morgan fingerprint density at radius 3 is 1.88 bits per heavy atom. The van der Waals surface area contributed by atoms with Crippen LogP contribution in [0.1, 0.15) is 33.1 Å². The van der Waals surface area contributed by atoms with Crippen molar-refractivity contribution in [2.75, 3.05) is 0 Å². The second-order valence-corrected chi connectivity index (χ2v) is 3.56. The molecule has 0 heterocycles. The maximum atomic E-state index is 11.2. The van der Waals surface area contributed by atoms with Crippen LogP contribution < -0.4 is 0 Å². The molecule has 4 heteroatoms. The summed E-state index contributed by atoms with van der Waals surface area (Å²) in [5, 5.41) is 0. The van der Waals surface area contributed by atoms with Gasteiger partial charge in [-0.1, -0.05) is 33.4 Å². The first kappa shape index (κ1) is 15.4. The van der Waals surface area contributed by atoms with Crippen LogP contribution in [0, 0.1) is 0 Å². The second kappa shape index (κ2) is 8.56. The molecule has 0 aromatic carbocycles. The van der Waals surface area contributed by atoms with Crippen molar-refractivity contribution in [3.63, 3.8) is 0 Å². The van der Waals surface area contributed by atoms with Crippen LogP contribution in [0.3, 0.4) is 0 Å². The molecule has 96 valence electrons. The summed E-state index contributed by atoms with van der Waals surface area (Å²) >= 11 is 0. The lowest BCUT2D eigenvalue weighted by molar-refractivity contribution is -0.162. The van der Waals surface area contributed by atoms with E-state index in [0.29, 0.717) is 12.8 Å². The molecule has 0 aromatic rings. The van der Waals surface area contributed by atoms with Gasteiger partial charge in [0.25, 0.3) is 0 Å². The minimum absolute atomic E-state index is 0.431. The minimum Gasteiger partial charge on any atom is -0.455 e. The Morgan fingerprint density at radius 1 is 1.06 bits per heavy atom. The van der Waals surface area contributed by atoms with E-state index in [1.807, 2.05) is 13.8 Å². The SMILES string of the molecule is C=CC(=O)OC(CC)C(CCC)OC(=O)C=C. The zero-order valence-electron chi connectivity index (χ0n) is 10.5. The highest BCUT2D eigenvalue weighted by Gasteiger charge is 2.25. The summed E-state index contributed by atoms with van der Waals surface area (Å²) in [5.74, 6) is -1.01.